The number of carboxylic acids is 1. The number of carbonyl (C=O) groups is 1. The summed E-state index contributed by atoms with van der Waals surface area (Å²) in [5, 5.41) is 17.4. The first-order valence-corrected chi connectivity index (χ1v) is 4.39. The molecule has 0 aliphatic heterocycles. The first-order valence-electron chi connectivity index (χ1n) is 3.59. The third kappa shape index (κ3) is 2.56. The fourth-order valence-electron chi connectivity index (χ4n) is 0.878. The lowest BCUT2D eigenvalue weighted by Crippen LogP contribution is -1.87. The molecule has 2 N–H and O–H groups in total. The topological polar surface area (TPSA) is 57.5 Å². The highest BCUT2D eigenvalue weighted by molar-refractivity contribution is 9.10. The van der Waals surface area contributed by atoms with Gasteiger partial charge in [-0.2, -0.15) is 0 Å². The van der Waals surface area contributed by atoms with Crippen molar-refractivity contribution in [1.82, 2.24) is 0 Å². The predicted octanol–water partition coefficient (Wildman–Crippen LogP) is 2.39. The largest absolute Gasteiger partial charge is 0.508 e. The number of aliphatic carboxylic acids is 1. The third-order valence-electron chi connectivity index (χ3n) is 1.45. The van der Waals surface area contributed by atoms with E-state index >= 15 is 0 Å². The zero-order chi connectivity index (χ0) is 10.7. The van der Waals surface area contributed by atoms with Crippen molar-refractivity contribution in [2.24, 2.45) is 0 Å². The van der Waals surface area contributed by atoms with Crippen molar-refractivity contribution >= 4 is 28.0 Å². The first-order chi connectivity index (χ1) is 6.50. The van der Waals surface area contributed by atoms with Crippen LogP contribution in [0.25, 0.3) is 6.08 Å². The van der Waals surface area contributed by atoms with Gasteiger partial charge in [-0.3, -0.25) is 0 Å². The fourth-order valence-corrected chi connectivity index (χ4v) is 1.24. The highest BCUT2D eigenvalue weighted by atomic mass is 79.9. The summed E-state index contributed by atoms with van der Waals surface area (Å²) in [5.74, 6) is -2.04. The number of phenols is 1. The molecule has 0 fully saturated rings. The van der Waals surface area contributed by atoms with Crippen molar-refractivity contribution < 1.29 is 19.4 Å². The van der Waals surface area contributed by atoms with Crippen LogP contribution in [0.2, 0.25) is 0 Å². The van der Waals surface area contributed by atoms with Gasteiger partial charge in [0.1, 0.15) is 11.6 Å². The Kier molecular flexibility index (Phi) is 3.24. The van der Waals surface area contributed by atoms with Gasteiger partial charge in [0.2, 0.25) is 0 Å². The lowest BCUT2D eigenvalue weighted by molar-refractivity contribution is -0.131. The monoisotopic (exact) mass is 260 g/mol. The van der Waals surface area contributed by atoms with Gasteiger partial charge in [-0.15, -0.1) is 0 Å². The fraction of sp³-hybridized carbons (Fsp3) is 0. The number of phenolic OH excluding ortho intramolecular Hbond substituents is 1. The molecule has 0 unspecified atom stereocenters. The van der Waals surface area contributed by atoms with Crippen molar-refractivity contribution in [3.63, 3.8) is 0 Å². The third-order valence-corrected chi connectivity index (χ3v) is 2.28. The number of hydrogen-bond acceptors (Lipinski definition) is 2. The van der Waals surface area contributed by atoms with Gasteiger partial charge in [0, 0.05) is 12.1 Å². The molecule has 0 aliphatic rings. The zero-order valence-corrected chi connectivity index (χ0v) is 8.45. The average Bonchev–Trinajstić information content (AvgIpc) is 2.08. The summed E-state index contributed by atoms with van der Waals surface area (Å²) in [7, 11) is 0. The second-order valence-corrected chi connectivity index (χ2v) is 3.30. The molecule has 0 spiro atoms. The molecule has 0 atom stereocenters. The molecule has 1 aromatic carbocycles. The summed E-state index contributed by atoms with van der Waals surface area (Å²) in [4.78, 5) is 10.2. The van der Waals surface area contributed by atoms with Crippen LogP contribution in [-0.2, 0) is 4.79 Å². The van der Waals surface area contributed by atoms with E-state index in [1.165, 1.54) is 12.1 Å². The van der Waals surface area contributed by atoms with Crippen molar-refractivity contribution in [2.45, 2.75) is 0 Å². The van der Waals surface area contributed by atoms with Gasteiger partial charge >= 0.3 is 5.97 Å². The van der Waals surface area contributed by atoms with E-state index in [1.807, 2.05) is 0 Å². The molecule has 5 heteroatoms. The number of halogens is 2. The molecule has 3 nitrogen and oxygen atoms in total. The van der Waals surface area contributed by atoms with E-state index in [0.717, 1.165) is 12.1 Å². The molecule has 0 saturated heterocycles. The SMILES string of the molecule is O=C(O)/C=C/c1cc(O)cc(F)c1Br. The molecular formula is C9H6BrFO3. The van der Waals surface area contributed by atoms with Crippen LogP contribution in [0.5, 0.6) is 5.75 Å². The van der Waals surface area contributed by atoms with Crippen LogP contribution in [-0.4, -0.2) is 16.2 Å². The molecule has 0 aliphatic carbocycles. The average molecular weight is 261 g/mol. The quantitative estimate of drug-likeness (QED) is 0.803. The Morgan fingerprint density at radius 3 is 2.71 bits per heavy atom. The number of rotatable bonds is 2. The summed E-state index contributed by atoms with van der Waals surface area (Å²) in [6.45, 7) is 0. The van der Waals surface area contributed by atoms with E-state index in [-0.39, 0.29) is 15.8 Å². The molecule has 0 heterocycles. The van der Waals surface area contributed by atoms with Crippen molar-refractivity contribution in [1.29, 1.82) is 0 Å². The minimum absolute atomic E-state index is 0.118. The standard InChI is InChI=1S/C9H6BrFO3/c10-9-5(1-2-8(13)14)3-6(12)4-7(9)11/h1-4,12H,(H,13,14)/b2-1+. The van der Waals surface area contributed by atoms with Crippen molar-refractivity contribution in [3.05, 3.63) is 34.1 Å². The van der Waals surface area contributed by atoms with Gasteiger partial charge in [-0.25, -0.2) is 9.18 Å². The highest BCUT2D eigenvalue weighted by Gasteiger charge is 2.05. The predicted molar refractivity (Wildman–Crippen MR) is 52.4 cm³/mol. The second kappa shape index (κ2) is 4.23. The minimum atomic E-state index is -1.14. The summed E-state index contributed by atoms with van der Waals surface area (Å²) in [5.41, 5.74) is 0.268. The normalized spacial score (nSPS) is 10.7. The molecular weight excluding hydrogens is 255 g/mol. The summed E-state index contributed by atoms with van der Waals surface area (Å²) in [6.07, 6.45) is 2.05. The van der Waals surface area contributed by atoms with Crippen molar-refractivity contribution in [3.8, 4) is 5.75 Å². The maximum atomic E-state index is 13.0. The van der Waals surface area contributed by atoms with Crippen LogP contribution in [0.4, 0.5) is 4.39 Å². The molecule has 0 amide bonds. The molecule has 1 aromatic rings. The Balaban J connectivity index is 3.14. The van der Waals surface area contributed by atoms with Gasteiger partial charge in [0.15, 0.2) is 0 Å². The Morgan fingerprint density at radius 2 is 2.14 bits per heavy atom. The number of hydrogen-bond donors (Lipinski definition) is 2. The molecule has 0 radical (unpaired) electrons. The highest BCUT2D eigenvalue weighted by Crippen LogP contribution is 2.26. The van der Waals surface area contributed by atoms with Crippen LogP contribution in [0.1, 0.15) is 5.56 Å². The van der Waals surface area contributed by atoms with Gasteiger partial charge in [-0.05, 0) is 33.6 Å². The minimum Gasteiger partial charge on any atom is -0.508 e. The van der Waals surface area contributed by atoms with Crippen LogP contribution < -0.4 is 0 Å². The van der Waals surface area contributed by atoms with E-state index < -0.39 is 11.8 Å². The van der Waals surface area contributed by atoms with Crippen LogP contribution in [0, 0.1) is 5.82 Å². The number of carboxylic acid groups (broad SMARTS) is 1. The van der Waals surface area contributed by atoms with E-state index in [1.54, 1.807) is 0 Å². The van der Waals surface area contributed by atoms with Crippen LogP contribution in [0.3, 0.4) is 0 Å². The molecule has 1 rings (SSSR count). The van der Waals surface area contributed by atoms with Gasteiger partial charge in [0.25, 0.3) is 0 Å². The van der Waals surface area contributed by atoms with E-state index in [2.05, 4.69) is 15.9 Å². The summed E-state index contributed by atoms with van der Waals surface area (Å²) in [6, 6.07) is 2.19. The number of aromatic hydroxyl groups is 1. The maximum Gasteiger partial charge on any atom is 0.328 e. The Morgan fingerprint density at radius 1 is 1.50 bits per heavy atom. The Hall–Kier alpha value is -1.36. The zero-order valence-electron chi connectivity index (χ0n) is 6.87. The van der Waals surface area contributed by atoms with Gasteiger partial charge < -0.3 is 10.2 Å². The van der Waals surface area contributed by atoms with Crippen molar-refractivity contribution in [2.75, 3.05) is 0 Å². The van der Waals surface area contributed by atoms with Crippen LogP contribution >= 0.6 is 15.9 Å². The number of benzene rings is 1. The molecule has 0 bridgehead atoms. The first kappa shape index (κ1) is 10.7. The lowest BCUT2D eigenvalue weighted by atomic mass is 10.2. The molecule has 14 heavy (non-hydrogen) atoms. The van der Waals surface area contributed by atoms with Gasteiger partial charge in [-0.1, -0.05) is 0 Å². The smallest absolute Gasteiger partial charge is 0.328 e. The van der Waals surface area contributed by atoms with E-state index in [4.69, 9.17) is 10.2 Å². The second-order valence-electron chi connectivity index (χ2n) is 2.50. The summed E-state index contributed by atoms with van der Waals surface area (Å²) < 4.78 is 13.1. The van der Waals surface area contributed by atoms with E-state index in [0.29, 0.717) is 0 Å². The Bertz CT molecular complexity index is 401. The lowest BCUT2D eigenvalue weighted by Gasteiger charge is -2.00. The molecule has 0 aromatic heterocycles. The molecule has 0 saturated carbocycles. The summed E-state index contributed by atoms with van der Waals surface area (Å²) >= 11 is 2.93. The van der Waals surface area contributed by atoms with Gasteiger partial charge in [0.05, 0.1) is 4.47 Å². The maximum absolute atomic E-state index is 13.0. The van der Waals surface area contributed by atoms with Crippen LogP contribution in [0.15, 0.2) is 22.7 Å². The van der Waals surface area contributed by atoms with E-state index in [9.17, 15) is 9.18 Å². The molecule has 74 valence electrons. The Labute approximate surface area is 87.6 Å².